The van der Waals surface area contributed by atoms with Gasteiger partial charge in [0.25, 0.3) is 0 Å². The fraction of sp³-hybridized carbons (Fsp3) is 0.182. The number of thiazole rings is 1. The van der Waals surface area contributed by atoms with Crippen molar-refractivity contribution in [3.8, 4) is 11.3 Å². The van der Waals surface area contributed by atoms with Crippen LogP contribution in [0.3, 0.4) is 0 Å². The number of nitrogens with two attached hydrogens (primary N) is 1. The molecule has 2 rings (SSSR count). The quantitative estimate of drug-likeness (QED) is 0.849. The lowest BCUT2D eigenvalue weighted by Crippen LogP contribution is -2.14. The molecule has 102 valence electrons. The summed E-state index contributed by atoms with van der Waals surface area (Å²) in [7, 11) is -3.37. The number of hydrogen-bond donors (Lipinski definition) is 2. The summed E-state index contributed by atoms with van der Waals surface area (Å²) in [6.07, 6.45) is 0. The molecule has 1 aromatic carbocycles. The van der Waals surface area contributed by atoms with Crippen molar-refractivity contribution in [2.24, 2.45) is 0 Å². The predicted octanol–water partition coefficient (Wildman–Crippen LogP) is 2.29. The van der Waals surface area contributed by atoms with Gasteiger partial charge in [-0.3, -0.25) is 4.72 Å². The van der Waals surface area contributed by atoms with Crippen LogP contribution in [0.2, 0.25) is 0 Å². The minimum Gasteiger partial charge on any atom is -0.399 e. The van der Waals surface area contributed by atoms with Gasteiger partial charge < -0.3 is 5.73 Å². The highest BCUT2D eigenvalue weighted by atomic mass is 32.2. The fourth-order valence-electron chi connectivity index (χ4n) is 1.39. The summed E-state index contributed by atoms with van der Waals surface area (Å²) in [5, 5.41) is 1.80. The Morgan fingerprint density at radius 2 is 2.21 bits per heavy atom. The maximum Gasteiger partial charge on any atom is 0.234 e. The number of halogens is 1. The third-order valence-electron chi connectivity index (χ3n) is 2.40. The lowest BCUT2D eigenvalue weighted by atomic mass is 10.1. The lowest BCUT2D eigenvalue weighted by molar-refractivity contribution is 0.602. The topological polar surface area (TPSA) is 85.1 Å². The van der Waals surface area contributed by atoms with Gasteiger partial charge in [-0.1, -0.05) is 0 Å². The van der Waals surface area contributed by atoms with Crippen LogP contribution in [0.15, 0.2) is 23.6 Å². The number of nitrogens with one attached hydrogen (secondary N) is 1. The molecule has 0 aliphatic carbocycles. The van der Waals surface area contributed by atoms with Crippen LogP contribution in [0, 0.1) is 5.82 Å². The Labute approximate surface area is 114 Å². The molecule has 2 aromatic rings. The Morgan fingerprint density at radius 1 is 1.47 bits per heavy atom. The fourth-order valence-corrected chi connectivity index (χ4v) is 2.97. The molecule has 0 amide bonds. The molecular formula is C11H12FN3O2S2. The van der Waals surface area contributed by atoms with Crippen molar-refractivity contribution in [1.29, 1.82) is 0 Å². The largest absolute Gasteiger partial charge is 0.399 e. The molecule has 0 unspecified atom stereocenters. The third-order valence-corrected chi connectivity index (χ3v) is 4.55. The third kappa shape index (κ3) is 3.21. The first-order chi connectivity index (χ1) is 8.91. The predicted molar refractivity (Wildman–Crippen MR) is 75.0 cm³/mol. The minimum absolute atomic E-state index is 0.0435. The molecule has 5 nitrogen and oxygen atoms in total. The van der Waals surface area contributed by atoms with Crippen LogP contribution in [-0.4, -0.2) is 19.2 Å². The lowest BCUT2D eigenvalue weighted by Gasteiger charge is -2.02. The highest BCUT2D eigenvalue weighted by Gasteiger charge is 2.13. The van der Waals surface area contributed by atoms with Gasteiger partial charge in [0.1, 0.15) is 5.82 Å². The van der Waals surface area contributed by atoms with E-state index >= 15 is 0 Å². The van der Waals surface area contributed by atoms with Crippen molar-refractivity contribution in [2.75, 3.05) is 16.2 Å². The zero-order chi connectivity index (χ0) is 14.0. The number of hydrogen-bond acceptors (Lipinski definition) is 5. The highest BCUT2D eigenvalue weighted by Crippen LogP contribution is 2.28. The zero-order valence-electron chi connectivity index (χ0n) is 10.1. The molecule has 8 heteroatoms. The second kappa shape index (κ2) is 5.14. The van der Waals surface area contributed by atoms with Crippen LogP contribution in [0.1, 0.15) is 6.92 Å². The van der Waals surface area contributed by atoms with Gasteiger partial charge in [0.05, 0.1) is 11.4 Å². The molecule has 0 spiro atoms. The molecule has 0 aliphatic heterocycles. The van der Waals surface area contributed by atoms with E-state index in [0.29, 0.717) is 11.4 Å². The molecule has 0 aliphatic rings. The molecule has 3 N–H and O–H groups in total. The Morgan fingerprint density at radius 3 is 2.84 bits per heavy atom. The SMILES string of the molecule is CCS(=O)(=O)Nc1nc(-c2ccc(N)cc2F)cs1. The number of benzene rings is 1. The Kier molecular flexibility index (Phi) is 3.72. The van der Waals surface area contributed by atoms with E-state index in [4.69, 9.17) is 5.73 Å². The smallest absolute Gasteiger partial charge is 0.234 e. The highest BCUT2D eigenvalue weighted by molar-refractivity contribution is 7.92. The molecule has 0 radical (unpaired) electrons. The summed E-state index contributed by atoms with van der Waals surface area (Å²) in [4.78, 5) is 4.05. The average Bonchev–Trinajstić information content (AvgIpc) is 2.76. The summed E-state index contributed by atoms with van der Waals surface area (Å²) in [5.74, 6) is -0.534. The Bertz CT molecular complexity index is 698. The van der Waals surface area contributed by atoms with E-state index in [1.807, 2.05) is 0 Å². The second-order valence-corrected chi connectivity index (χ2v) is 6.65. The molecule has 0 fully saturated rings. The van der Waals surface area contributed by atoms with E-state index < -0.39 is 15.8 Å². The number of nitrogens with zero attached hydrogens (tertiary/aromatic N) is 1. The summed E-state index contributed by atoms with van der Waals surface area (Å²) in [6, 6.07) is 4.27. The van der Waals surface area contributed by atoms with E-state index in [1.54, 1.807) is 11.4 Å². The van der Waals surface area contributed by atoms with Gasteiger partial charge in [-0.05, 0) is 25.1 Å². The number of nitrogen functional groups attached to an aromatic ring is 1. The average molecular weight is 301 g/mol. The zero-order valence-corrected chi connectivity index (χ0v) is 11.7. The molecule has 0 saturated carbocycles. The van der Waals surface area contributed by atoms with Crippen molar-refractivity contribution in [3.63, 3.8) is 0 Å². The number of rotatable bonds is 4. The van der Waals surface area contributed by atoms with Crippen molar-refractivity contribution >= 4 is 32.2 Å². The first-order valence-corrected chi connectivity index (χ1v) is 7.96. The maximum absolute atomic E-state index is 13.7. The molecule has 0 saturated heterocycles. The minimum atomic E-state index is -3.37. The van der Waals surface area contributed by atoms with E-state index in [-0.39, 0.29) is 16.4 Å². The van der Waals surface area contributed by atoms with Crippen LogP contribution in [0.25, 0.3) is 11.3 Å². The Balaban J connectivity index is 2.31. The summed E-state index contributed by atoms with van der Waals surface area (Å²) in [6.45, 7) is 1.52. The van der Waals surface area contributed by atoms with Gasteiger partial charge in [-0.2, -0.15) is 0 Å². The normalized spacial score (nSPS) is 11.5. The van der Waals surface area contributed by atoms with Crippen LogP contribution in [-0.2, 0) is 10.0 Å². The van der Waals surface area contributed by atoms with Crippen LogP contribution in [0.4, 0.5) is 15.2 Å². The van der Waals surface area contributed by atoms with Gasteiger partial charge in [-0.25, -0.2) is 17.8 Å². The first-order valence-electron chi connectivity index (χ1n) is 5.42. The van der Waals surface area contributed by atoms with Gasteiger partial charge >= 0.3 is 0 Å². The number of aromatic nitrogens is 1. The van der Waals surface area contributed by atoms with Gasteiger partial charge in [0.2, 0.25) is 10.0 Å². The molecule has 19 heavy (non-hydrogen) atoms. The Hall–Kier alpha value is -1.67. The van der Waals surface area contributed by atoms with Crippen molar-refractivity contribution < 1.29 is 12.8 Å². The van der Waals surface area contributed by atoms with E-state index in [1.165, 1.54) is 19.1 Å². The summed E-state index contributed by atoms with van der Waals surface area (Å²) < 4.78 is 38.8. The van der Waals surface area contributed by atoms with Crippen LogP contribution in [0.5, 0.6) is 0 Å². The molecule has 0 bridgehead atoms. The molecular weight excluding hydrogens is 289 g/mol. The maximum atomic E-state index is 13.7. The van der Waals surface area contributed by atoms with Gasteiger partial charge in [0, 0.05) is 16.6 Å². The molecule has 1 heterocycles. The number of sulfonamides is 1. The molecule has 0 atom stereocenters. The van der Waals surface area contributed by atoms with Crippen LogP contribution < -0.4 is 10.5 Å². The van der Waals surface area contributed by atoms with E-state index in [2.05, 4.69) is 9.71 Å². The summed E-state index contributed by atoms with van der Waals surface area (Å²) >= 11 is 1.10. The first kappa shape index (κ1) is 13.8. The van der Waals surface area contributed by atoms with Crippen molar-refractivity contribution in [1.82, 2.24) is 4.98 Å². The van der Waals surface area contributed by atoms with Gasteiger partial charge in [-0.15, -0.1) is 11.3 Å². The van der Waals surface area contributed by atoms with E-state index in [0.717, 1.165) is 11.3 Å². The standard InChI is InChI=1S/C11H12FN3O2S2/c1-2-19(16,17)15-11-14-10(6-18-11)8-4-3-7(13)5-9(8)12/h3-6H,2,13H2,1H3,(H,14,15). The van der Waals surface area contributed by atoms with E-state index in [9.17, 15) is 12.8 Å². The summed E-state index contributed by atoms with van der Waals surface area (Å²) in [5.41, 5.74) is 6.44. The second-order valence-electron chi connectivity index (χ2n) is 3.78. The van der Waals surface area contributed by atoms with Crippen molar-refractivity contribution in [2.45, 2.75) is 6.92 Å². The number of anilines is 2. The monoisotopic (exact) mass is 301 g/mol. The van der Waals surface area contributed by atoms with Crippen molar-refractivity contribution in [3.05, 3.63) is 29.4 Å². The molecule has 1 aromatic heterocycles. The van der Waals surface area contributed by atoms with Crippen LogP contribution >= 0.6 is 11.3 Å². The van der Waals surface area contributed by atoms with Gasteiger partial charge in [0.15, 0.2) is 5.13 Å².